The average molecular weight is 448 g/mol. The summed E-state index contributed by atoms with van der Waals surface area (Å²) in [6.07, 6.45) is 13.6. The number of nitrogens with two attached hydrogens (primary N) is 1. The zero-order valence-corrected chi connectivity index (χ0v) is 18.7. The fourth-order valence-corrected chi connectivity index (χ4v) is 3.04. The van der Waals surface area contributed by atoms with Crippen molar-refractivity contribution in [3.8, 4) is 0 Å². The van der Waals surface area contributed by atoms with Crippen LogP contribution in [0, 0.1) is 0 Å². The predicted molar refractivity (Wildman–Crippen MR) is 128 cm³/mol. The first-order valence-electron chi connectivity index (χ1n) is 10.3. The minimum Gasteiger partial charge on any atom is -0.457 e. The highest BCUT2D eigenvalue weighted by Gasteiger charge is 2.15. The van der Waals surface area contributed by atoms with Crippen molar-refractivity contribution < 1.29 is 18.4 Å². The molecule has 2 aliphatic rings. The van der Waals surface area contributed by atoms with Gasteiger partial charge in [-0.25, -0.2) is 14.4 Å². The zero-order chi connectivity index (χ0) is 24.0. The summed E-state index contributed by atoms with van der Waals surface area (Å²) < 4.78 is 19.2. The molecule has 1 aromatic heterocycles. The first-order chi connectivity index (χ1) is 15.7. The molecule has 7 nitrogen and oxygen atoms in total. The predicted octanol–water partition coefficient (Wildman–Crippen LogP) is 4.48. The second-order valence-electron chi connectivity index (χ2n) is 7.51. The van der Waals surface area contributed by atoms with Gasteiger partial charge in [-0.1, -0.05) is 18.2 Å². The lowest BCUT2D eigenvalue weighted by Crippen LogP contribution is -2.32. The number of carbonyl (C=O) groups is 2. The van der Waals surface area contributed by atoms with Gasteiger partial charge in [0.05, 0.1) is 0 Å². The number of furan rings is 1. The molecule has 0 unspecified atom stereocenters. The number of carbonyl (C=O) groups excluding carboxylic acids is 2. The number of halogens is 1. The summed E-state index contributed by atoms with van der Waals surface area (Å²) in [5, 5.41) is 0. The van der Waals surface area contributed by atoms with E-state index in [1.165, 1.54) is 17.2 Å². The summed E-state index contributed by atoms with van der Waals surface area (Å²) in [6.45, 7) is 3.37. The Bertz CT molecular complexity index is 1210. The summed E-state index contributed by atoms with van der Waals surface area (Å²) >= 11 is 0. The molecular weight excluding hydrogens is 423 g/mol. The monoisotopic (exact) mass is 448 g/mol. The fraction of sp³-hybridized carbons (Fsp3) is 0.200. The summed E-state index contributed by atoms with van der Waals surface area (Å²) in [4.78, 5) is 34.1. The summed E-state index contributed by atoms with van der Waals surface area (Å²) in [5.74, 6) is 0.849. The third-order valence-corrected chi connectivity index (χ3v) is 5.00. The molecule has 0 fully saturated rings. The van der Waals surface area contributed by atoms with E-state index in [-0.39, 0.29) is 18.2 Å². The molecule has 0 saturated carbocycles. The smallest absolute Gasteiger partial charge is 0.254 e. The Labute approximate surface area is 191 Å². The first kappa shape index (κ1) is 23.6. The molecule has 33 heavy (non-hydrogen) atoms. The molecule has 0 bridgehead atoms. The van der Waals surface area contributed by atoms with E-state index in [0.717, 1.165) is 5.57 Å². The van der Waals surface area contributed by atoms with E-state index in [4.69, 9.17) is 10.2 Å². The second kappa shape index (κ2) is 10.5. The Morgan fingerprint density at radius 3 is 2.70 bits per heavy atom. The van der Waals surface area contributed by atoms with Crippen molar-refractivity contribution in [3.63, 3.8) is 0 Å². The van der Waals surface area contributed by atoms with Crippen LogP contribution in [0.25, 0.3) is 11.6 Å². The van der Waals surface area contributed by atoms with Crippen LogP contribution >= 0.6 is 0 Å². The largest absolute Gasteiger partial charge is 0.457 e. The molecule has 1 aliphatic carbocycles. The highest BCUT2D eigenvalue weighted by Crippen LogP contribution is 2.24. The van der Waals surface area contributed by atoms with Gasteiger partial charge in [0.15, 0.2) is 5.84 Å². The van der Waals surface area contributed by atoms with E-state index in [1.54, 1.807) is 69.5 Å². The molecule has 8 heteroatoms. The molecule has 3 rings (SSSR count). The van der Waals surface area contributed by atoms with E-state index < -0.39 is 5.91 Å². The molecule has 0 spiro atoms. The lowest BCUT2D eigenvalue weighted by atomic mass is 10.2. The van der Waals surface area contributed by atoms with Crippen LogP contribution < -0.4 is 5.73 Å². The summed E-state index contributed by atoms with van der Waals surface area (Å²) in [7, 11) is 1.61. The number of likely N-dealkylation sites (N-methyl/N-ethyl adjacent to an activating group) is 1. The second-order valence-corrected chi connectivity index (χ2v) is 7.51. The topological polar surface area (TPSA) is 101 Å². The Morgan fingerprint density at radius 1 is 1.18 bits per heavy atom. The third-order valence-electron chi connectivity index (χ3n) is 5.00. The first-order valence-corrected chi connectivity index (χ1v) is 10.3. The normalized spacial score (nSPS) is 16.8. The van der Waals surface area contributed by atoms with Gasteiger partial charge in [-0.15, -0.1) is 0 Å². The lowest BCUT2D eigenvalue weighted by molar-refractivity contribution is -0.122. The fourth-order valence-electron chi connectivity index (χ4n) is 3.04. The molecular formula is C25H25FN4O3. The van der Waals surface area contributed by atoms with E-state index in [2.05, 4.69) is 9.98 Å². The SMILES string of the molecule is CC(=NC1=NC=C(C(N)=O)CC=C1)N(C)C(=O)/C(C)=C/c1ccc(C2=CC=C(F)CC=C2)o1. The number of rotatable bonds is 4. The number of aliphatic imine (C=N–C) groups is 2. The number of nitrogens with zero attached hydrogens (tertiary/aromatic N) is 3. The van der Waals surface area contributed by atoms with Crippen LogP contribution in [0.15, 0.2) is 86.2 Å². The number of allylic oxidation sites excluding steroid dienone is 7. The van der Waals surface area contributed by atoms with Gasteiger partial charge in [0, 0.05) is 36.4 Å². The van der Waals surface area contributed by atoms with Crippen molar-refractivity contribution in [1.82, 2.24) is 4.90 Å². The van der Waals surface area contributed by atoms with Crippen LogP contribution in [-0.4, -0.2) is 35.4 Å². The maximum Gasteiger partial charge on any atom is 0.254 e. The Kier molecular flexibility index (Phi) is 7.50. The van der Waals surface area contributed by atoms with Gasteiger partial charge in [-0.3, -0.25) is 14.5 Å². The minimum absolute atomic E-state index is 0.218. The van der Waals surface area contributed by atoms with Crippen molar-refractivity contribution in [2.75, 3.05) is 7.05 Å². The van der Waals surface area contributed by atoms with E-state index in [0.29, 0.717) is 40.8 Å². The van der Waals surface area contributed by atoms with Crippen LogP contribution in [0.1, 0.15) is 38.2 Å². The van der Waals surface area contributed by atoms with Crippen molar-refractivity contribution >= 4 is 35.1 Å². The maximum absolute atomic E-state index is 13.4. The average Bonchev–Trinajstić information content (AvgIpc) is 2.97. The maximum atomic E-state index is 13.4. The summed E-state index contributed by atoms with van der Waals surface area (Å²) in [5.41, 5.74) is 6.86. The van der Waals surface area contributed by atoms with Crippen molar-refractivity contribution in [1.29, 1.82) is 0 Å². The van der Waals surface area contributed by atoms with Gasteiger partial charge in [0.25, 0.3) is 5.91 Å². The molecule has 0 aromatic carbocycles. The third kappa shape index (κ3) is 6.22. The van der Waals surface area contributed by atoms with Crippen LogP contribution in [0.3, 0.4) is 0 Å². The number of amides is 2. The minimum atomic E-state index is -0.533. The van der Waals surface area contributed by atoms with Crippen LogP contribution in [0.2, 0.25) is 0 Å². The molecule has 0 atom stereocenters. The molecule has 2 heterocycles. The van der Waals surface area contributed by atoms with Crippen LogP contribution in [0.5, 0.6) is 0 Å². The molecule has 1 aromatic rings. The molecule has 2 N–H and O–H groups in total. The van der Waals surface area contributed by atoms with Crippen LogP contribution in [-0.2, 0) is 9.59 Å². The van der Waals surface area contributed by atoms with Crippen LogP contribution in [0.4, 0.5) is 4.39 Å². The van der Waals surface area contributed by atoms with Crippen molar-refractivity contribution in [2.24, 2.45) is 15.7 Å². The highest BCUT2D eigenvalue weighted by molar-refractivity contribution is 6.11. The molecule has 0 radical (unpaired) electrons. The summed E-state index contributed by atoms with van der Waals surface area (Å²) in [6, 6.07) is 3.53. The standard InChI is InChI=1S/C25H25FN4O3/c1-16(14-21-12-13-22(33-21)18-6-4-8-20(26)11-10-18)25(32)30(3)17(2)29-23-9-5-7-19(15-28-23)24(27)31/h4-6,9-15H,7-8H2,1-3H3,(H2,27,31)/b16-14+,29-17?. The van der Waals surface area contributed by atoms with Gasteiger partial charge < -0.3 is 10.2 Å². The van der Waals surface area contributed by atoms with Crippen molar-refractivity contribution in [2.45, 2.75) is 26.7 Å². The van der Waals surface area contributed by atoms with Crippen molar-refractivity contribution in [3.05, 3.63) is 83.3 Å². The number of amidine groups is 2. The van der Waals surface area contributed by atoms with Gasteiger partial charge in [0.1, 0.15) is 23.2 Å². The molecule has 1 aliphatic heterocycles. The highest BCUT2D eigenvalue weighted by atomic mass is 19.1. The number of hydrogen-bond donors (Lipinski definition) is 1. The molecule has 0 saturated heterocycles. The Morgan fingerprint density at radius 2 is 1.94 bits per heavy atom. The van der Waals surface area contributed by atoms with Gasteiger partial charge in [0.2, 0.25) is 5.91 Å². The van der Waals surface area contributed by atoms with E-state index in [1.807, 2.05) is 0 Å². The van der Waals surface area contributed by atoms with Gasteiger partial charge in [-0.2, -0.15) is 0 Å². The lowest BCUT2D eigenvalue weighted by Gasteiger charge is -2.16. The van der Waals surface area contributed by atoms with E-state index in [9.17, 15) is 14.0 Å². The quantitative estimate of drug-likeness (QED) is 0.417. The van der Waals surface area contributed by atoms with E-state index >= 15 is 0 Å². The Hall–Kier alpha value is -4.07. The van der Waals surface area contributed by atoms with Gasteiger partial charge >= 0.3 is 0 Å². The zero-order valence-electron chi connectivity index (χ0n) is 18.7. The number of primary amides is 1. The molecule has 2 amide bonds. The molecule has 170 valence electrons. The number of hydrogen-bond acceptors (Lipinski definition) is 5. The van der Waals surface area contributed by atoms with Gasteiger partial charge in [-0.05, 0) is 56.7 Å². The Balaban J connectivity index is 1.73.